The first kappa shape index (κ1) is 10.1. The highest BCUT2D eigenvalue weighted by atomic mass is 16.5. The molecule has 0 bridgehead atoms. The van der Waals surface area contributed by atoms with Gasteiger partial charge in [-0.25, -0.2) is 0 Å². The van der Waals surface area contributed by atoms with Crippen LogP contribution in [0.1, 0.15) is 12.8 Å². The van der Waals surface area contributed by atoms with Crippen molar-refractivity contribution in [3.05, 3.63) is 12.2 Å². The van der Waals surface area contributed by atoms with Crippen LogP contribution < -0.4 is 5.32 Å². The quantitative estimate of drug-likeness (QED) is 0.616. The third kappa shape index (κ3) is 4.59. The van der Waals surface area contributed by atoms with E-state index in [0.717, 1.165) is 32.7 Å². The molecule has 13 heavy (non-hydrogen) atoms. The SMILES string of the molecule is CCOCCNCCc1ncno1. The smallest absolute Gasteiger partial charge is 0.227 e. The third-order valence-corrected chi connectivity index (χ3v) is 1.55. The molecule has 74 valence electrons. The van der Waals surface area contributed by atoms with Crippen LogP contribution in [0.4, 0.5) is 0 Å². The second kappa shape index (κ2) is 6.56. The molecule has 0 spiro atoms. The molecule has 0 atom stereocenters. The lowest BCUT2D eigenvalue weighted by Crippen LogP contribution is -2.22. The summed E-state index contributed by atoms with van der Waals surface area (Å²) in [7, 11) is 0. The molecule has 1 heterocycles. The Kier molecular flexibility index (Phi) is 5.12. The highest BCUT2D eigenvalue weighted by Gasteiger charge is 1.96. The van der Waals surface area contributed by atoms with E-state index in [0.29, 0.717) is 5.89 Å². The highest BCUT2D eigenvalue weighted by molar-refractivity contribution is 4.74. The van der Waals surface area contributed by atoms with Crippen LogP contribution in [0.25, 0.3) is 0 Å². The maximum Gasteiger partial charge on any atom is 0.227 e. The van der Waals surface area contributed by atoms with E-state index in [9.17, 15) is 0 Å². The number of hydrogen-bond donors (Lipinski definition) is 1. The van der Waals surface area contributed by atoms with Crippen LogP contribution in [0, 0.1) is 0 Å². The fourth-order valence-corrected chi connectivity index (χ4v) is 0.915. The van der Waals surface area contributed by atoms with E-state index >= 15 is 0 Å². The van der Waals surface area contributed by atoms with Gasteiger partial charge < -0.3 is 14.6 Å². The Bertz CT molecular complexity index is 201. The molecular weight excluding hydrogens is 170 g/mol. The molecule has 0 unspecified atom stereocenters. The molecule has 0 aliphatic heterocycles. The van der Waals surface area contributed by atoms with Crippen molar-refractivity contribution in [1.82, 2.24) is 15.5 Å². The molecule has 0 saturated carbocycles. The summed E-state index contributed by atoms with van der Waals surface area (Å²) in [4.78, 5) is 3.90. The summed E-state index contributed by atoms with van der Waals surface area (Å²) in [5.74, 6) is 0.670. The Morgan fingerprint density at radius 3 is 3.15 bits per heavy atom. The summed E-state index contributed by atoms with van der Waals surface area (Å²) in [5, 5.41) is 6.72. The third-order valence-electron chi connectivity index (χ3n) is 1.55. The molecule has 0 radical (unpaired) electrons. The standard InChI is InChI=1S/C8H15N3O2/c1-2-12-6-5-9-4-3-8-10-7-11-13-8/h7,9H,2-6H2,1H3. The van der Waals surface area contributed by atoms with Gasteiger partial charge in [-0.2, -0.15) is 4.98 Å². The number of nitrogens with one attached hydrogen (secondary N) is 1. The average molecular weight is 185 g/mol. The molecule has 5 nitrogen and oxygen atoms in total. The second-order valence-electron chi connectivity index (χ2n) is 2.53. The zero-order valence-corrected chi connectivity index (χ0v) is 7.82. The van der Waals surface area contributed by atoms with E-state index in [-0.39, 0.29) is 0 Å². The van der Waals surface area contributed by atoms with E-state index in [1.807, 2.05) is 6.92 Å². The van der Waals surface area contributed by atoms with Gasteiger partial charge in [0.05, 0.1) is 6.61 Å². The minimum absolute atomic E-state index is 0.670. The van der Waals surface area contributed by atoms with Gasteiger partial charge in [0.1, 0.15) is 0 Å². The van der Waals surface area contributed by atoms with Crippen LogP contribution in [-0.4, -0.2) is 36.4 Å². The van der Waals surface area contributed by atoms with Crippen molar-refractivity contribution < 1.29 is 9.26 Å². The van der Waals surface area contributed by atoms with E-state index < -0.39 is 0 Å². The lowest BCUT2D eigenvalue weighted by molar-refractivity contribution is 0.149. The maximum atomic E-state index is 5.16. The minimum atomic E-state index is 0.670. The molecule has 0 saturated heterocycles. The van der Waals surface area contributed by atoms with Crippen LogP contribution in [0.5, 0.6) is 0 Å². The number of aromatic nitrogens is 2. The van der Waals surface area contributed by atoms with Crippen molar-refractivity contribution >= 4 is 0 Å². The first-order valence-corrected chi connectivity index (χ1v) is 4.47. The molecule has 0 aromatic carbocycles. The van der Waals surface area contributed by atoms with Crippen LogP contribution in [0.2, 0.25) is 0 Å². The first-order chi connectivity index (χ1) is 6.43. The number of hydrogen-bond acceptors (Lipinski definition) is 5. The summed E-state index contributed by atoms with van der Waals surface area (Å²) < 4.78 is 9.99. The molecule has 1 aromatic rings. The van der Waals surface area contributed by atoms with Gasteiger partial charge in [-0.1, -0.05) is 5.16 Å². The van der Waals surface area contributed by atoms with Gasteiger partial charge in [0.2, 0.25) is 5.89 Å². The van der Waals surface area contributed by atoms with Crippen molar-refractivity contribution in [2.24, 2.45) is 0 Å². The van der Waals surface area contributed by atoms with E-state index in [4.69, 9.17) is 9.26 Å². The molecule has 0 aliphatic rings. The number of ether oxygens (including phenoxy) is 1. The average Bonchev–Trinajstić information content (AvgIpc) is 2.63. The van der Waals surface area contributed by atoms with Crippen molar-refractivity contribution in [3.63, 3.8) is 0 Å². The summed E-state index contributed by atoms with van der Waals surface area (Å²) in [6.45, 7) is 5.21. The highest BCUT2D eigenvalue weighted by Crippen LogP contribution is 1.89. The topological polar surface area (TPSA) is 60.2 Å². The van der Waals surface area contributed by atoms with Gasteiger partial charge in [-0.3, -0.25) is 0 Å². The number of nitrogens with zero attached hydrogens (tertiary/aromatic N) is 2. The maximum absolute atomic E-state index is 5.16. The lowest BCUT2D eigenvalue weighted by atomic mass is 10.4. The Balaban J connectivity index is 1.90. The van der Waals surface area contributed by atoms with Gasteiger partial charge in [0.25, 0.3) is 0 Å². The molecule has 0 amide bonds. The molecular formula is C8H15N3O2. The van der Waals surface area contributed by atoms with Crippen molar-refractivity contribution in [2.45, 2.75) is 13.3 Å². The van der Waals surface area contributed by atoms with Gasteiger partial charge in [-0.05, 0) is 6.92 Å². The molecule has 1 N–H and O–H groups in total. The largest absolute Gasteiger partial charge is 0.380 e. The van der Waals surface area contributed by atoms with Gasteiger partial charge in [0, 0.05) is 26.1 Å². The predicted octanol–water partition coefficient (Wildman–Crippen LogP) is 0.238. The van der Waals surface area contributed by atoms with Gasteiger partial charge >= 0.3 is 0 Å². The predicted molar refractivity (Wildman–Crippen MR) is 47.4 cm³/mol. The van der Waals surface area contributed by atoms with E-state index in [2.05, 4.69) is 15.5 Å². The summed E-state index contributed by atoms with van der Waals surface area (Å²) >= 11 is 0. The Labute approximate surface area is 77.5 Å². The minimum Gasteiger partial charge on any atom is -0.380 e. The Morgan fingerprint density at radius 2 is 2.46 bits per heavy atom. The monoisotopic (exact) mass is 185 g/mol. The van der Waals surface area contributed by atoms with Crippen LogP contribution in [-0.2, 0) is 11.2 Å². The zero-order valence-electron chi connectivity index (χ0n) is 7.82. The zero-order chi connectivity index (χ0) is 9.36. The first-order valence-electron chi connectivity index (χ1n) is 4.47. The molecule has 5 heteroatoms. The summed E-state index contributed by atoms with van der Waals surface area (Å²) in [5.41, 5.74) is 0. The van der Waals surface area contributed by atoms with Crippen LogP contribution in [0.3, 0.4) is 0 Å². The molecule has 1 aromatic heterocycles. The Hall–Kier alpha value is -0.940. The van der Waals surface area contributed by atoms with Gasteiger partial charge in [0.15, 0.2) is 6.33 Å². The fraction of sp³-hybridized carbons (Fsp3) is 0.750. The lowest BCUT2D eigenvalue weighted by Gasteiger charge is -2.02. The Morgan fingerprint density at radius 1 is 1.54 bits per heavy atom. The molecule has 0 fully saturated rings. The van der Waals surface area contributed by atoms with Crippen molar-refractivity contribution in [3.8, 4) is 0 Å². The fourth-order valence-electron chi connectivity index (χ4n) is 0.915. The van der Waals surface area contributed by atoms with Crippen LogP contribution >= 0.6 is 0 Å². The normalized spacial score (nSPS) is 10.5. The van der Waals surface area contributed by atoms with Crippen LogP contribution in [0.15, 0.2) is 10.9 Å². The van der Waals surface area contributed by atoms with E-state index in [1.54, 1.807) is 0 Å². The summed E-state index contributed by atoms with van der Waals surface area (Å²) in [6, 6.07) is 0. The van der Waals surface area contributed by atoms with Crippen molar-refractivity contribution in [2.75, 3.05) is 26.3 Å². The van der Waals surface area contributed by atoms with E-state index in [1.165, 1.54) is 6.33 Å². The van der Waals surface area contributed by atoms with Crippen molar-refractivity contribution in [1.29, 1.82) is 0 Å². The van der Waals surface area contributed by atoms with Gasteiger partial charge in [-0.15, -0.1) is 0 Å². The second-order valence-corrected chi connectivity index (χ2v) is 2.53. The summed E-state index contributed by atoms with van der Waals surface area (Å²) in [6.07, 6.45) is 2.18. The molecule has 0 aliphatic carbocycles. The molecule has 1 rings (SSSR count). The number of rotatable bonds is 7.